The Hall–Kier alpha value is -3.00. The number of aryl methyl sites for hydroxylation is 2. The molecule has 29 heavy (non-hydrogen) atoms. The van der Waals surface area contributed by atoms with Gasteiger partial charge in [-0.2, -0.15) is 0 Å². The summed E-state index contributed by atoms with van der Waals surface area (Å²) >= 11 is 1.17. The van der Waals surface area contributed by atoms with Crippen LogP contribution in [0, 0.1) is 13.8 Å². The molecule has 1 atom stereocenters. The number of anilines is 1. The van der Waals surface area contributed by atoms with Crippen molar-refractivity contribution in [1.29, 1.82) is 0 Å². The second-order valence-corrected chi connectivity index (χ2v) is 7.79. The molecule has 0 fully saturated rings. The largest absolute Gasteiger partial charge is 0.483 e. The fraction of sp³-hybridized carbons (Fsp3) is 0.286. The van der Waals surface area contributed by atoms with Crippen molar-refractivity contribution >= 4 is 35.2 Å². The van der Waals surface area contributed by atoms with Gasteiger partial charge in [0, 0.05) is 5.69 Å². The summed E-state index contributed by atoms with van der Waals surface area (Å²) < 4.78 is 5.41. The molecule has 0 aliphatic carbocycles. The van der Waals surface area contributed by atoms with Crippen molar-refractivity contribution in [2.24, 2.45) is 0 Å². The van der Waals surface area contributed by atoms with E-state index in [0.717, 1.165) is 11.1 Å². The number of benzene rings is 2. The Morgan fingerprint density at radius 1 is 0.966 bits per heavy atom. The molecule has 2 rings (SSSR count). The number of nitrogens with one attached hydrogen (secondary N) is 3. The minimum Gasteiger partial charge on any atom is -0.483 e. The van der Waals surface area contributed by atoms with E-state index in [4.69, 9.17) is 4.74 Å². The van der Waals surface area contributed by atoms with Gasteiger partial charge in [0.25, 0.3) is 11.8 Å². The monoisotopic (exact) mass is 415 g/mol. The van der Waals surface area contributed by atoms with Crippen LogP contribution >= 0.6 is 11.8 Å². The molecule has 0 saturated heterocycles. The molecule has 3 N–H and O–H groups in total. The van der Waals surface area contributed by atoms with Crippen molar-refractivity contribution in [2.45, 2.75) is 26.0 Å². The lowest BCUT2D eigenvalue weighted by Gasteiger charge is -2.13. The average Bonchev–Trinajstić information content (AvgIpc) is 2.71. The minimum atomic E-state index is -0.517. The van der Waals surface area contributed by atoms with Gasteiger partial charge in [-0.25, -0.2) is 0 Å². The van der Waals surface area contributed by atoms with Crippen molar-refractivity contribution in [3.63, 3.8) is 0 Å². The van der Waals surface area contributed by atoms with Crippen LogP contribution < -0.4 is 20.9 Å². The number of hydrogen-bond donors (Lipinski definition) is 3. The number of carbonyl (C=O) groups is 3. The molecule has 0 aromatic heterocycles. The van der Waals surface area contributed by atoms with E-state index in [1.807, 2.05) is 56.3 Å². The molecule has 0 spiro atoms. The third-order valence-corrected chi connectivity index (χ3v) is 5.09. The zero-order chi connectivity index (χ0) is 21.2. The third-order valence-electron chi connectivity index (χ3n) is 3.95. The first-order chi connectivity index (χ1) is 13.8. The molecule has 0 aliphatic heterocycles. The smallest absolute Gasteiger partial charge is 0.276 e. The zero-order valence-electron chi connectivity index (χ0n) is 16.7. The lowest BCUT2D eigenvalue weighted by Crippen LogP contribution is -2.46. The lowest BCUT2D eigenvalue weighted by molar-refractivity contribution is -0.129. The normalized spacial score (nSPS) is 11.3. The number of hydrazine groups is 1. The molecule has 154 valence electrons. The summed E-state index contributed by atoms with van der Waals surface area (Å²) in [5.41, 5.74) is 7.38. The van der Waals surface area contributed by atoms with E-state index >= 15 is 0 Å². The van der Waals surface area contributed by atoms with Crippen molar-refractivity contribution in [3.05, 3.63) is 59.7 Å². The van der Waals surface area contributed by atoms with Gasteiger partial charge in [-0.3, -0.25) is 25.2 Å². The quantitative estimate of drug-likeness (QED) is 0.576. The SMILES string of the molecule is Cc1ccc(NC(=O)CS[C@@H](C)C(=O)NNC(=O)COc2ccccc2C)cc1. The highest BCUT2D eigenvalue weighted by Gasteiger charge is 2.16. The van der Waals surface area contributed by atoms with Gasteiger partial charge in [0.15, 0.2) is 6.61 Å². The van der Waals surface area contributed by atoms with Gasteiger partial charge in [-0.1, -0.05) is 35.9 Å². The van der Waals surface area contributed by atoms with Crippen LogP contribution in [0.4, 0.5) is 5.69 Å². The second kappa shape index (κ2) is 11.1. The van der Waals surface area contributed by atoms with Gasteiger partial charge < -0.3 is 10.1 Å². The van der Waals surface area contributed by atoms with Crippen LogP contribution in [-0.4, -0.2) is 35.3 Å². The predicted molar refractivity (Wildman–Crippen MR) is 115 cm³/mol. The van der Waals surface area contributed by atoms with Crippen LogP contribution in [0.2, 0.25) is 0 Å². The Morgan fingerprint density at radius 2 is 1.66 bits per heavy atom. The van der Waals surface area contributed by atoms with Crippen LogP contribution in [0.25, 0.3) is 0 Å². The predicted octanol–water partition coefficient (Wildman–Crippen LogP) is 2.59. The number of hydrogen-bond acceptors (Lipinski definition) is 5. The number of rotatable bonds is 8. The Kier molecular flexibility index (Phi) is 8.54. The van der Waals surface area contributed by atoms with E-state index in [2.05, 4.69) is 16.2 Å². The molecule has 0 saturated carbocycles. The van der Waals surface area contributed by atoms with Crippen LogP contribution in [0.3, 0.4) is 0 Å². The summed E-state index contributed by atoms with van der Waals surface area (Å²) in [7, 11) is 0. The summed E-state index contributed by atoms with van der Waals surface area (Å²) in [6.07, 6.45) is 0. The maximum Gasteiger partial charge on any atom is 0.276 e. The van der Waals surface area contributed by atoms with Crippen molar-refractivity contribution in [3.8, 4) is 5.75 Å². The molecular formula is C21H25N3O4S. The fourth-order valence-corrected chi connectivity index (χ4v) is 2.92. The maximum atomic E-state index is 12.1. The number of amides is 3. The van der Waals surface area contributed by atoms with Crippen LogP contribution in [0.15, 0.2) is 48.5 Å². The summed E-state index contributed by atoms with van der Waals surface area (Å²) in [6.45, 7) is 5.29. The van der Waals surface area contributed by atoms with Gasteiger partial charge >= 0.3 is 0 Å². The third kappa shape index (κ3) is 7.87. The van der Waals surface area contributed by atoms with E-state index in [0.29, 0.717) is 11.4 Å². The minimum absolute atomic E-state index is 0.118. The Balaban J connectivity index is 1.66. The zero-order valence-corrected chi connectivity index (χ0v) is 17.5. The van der Waals surface area contributed by atoms with Gasteiger partial charge in [-0.15, -0.1) is 11.8 Å². The van der Waals surface area contributed by atoms with Crippen molar-refractivity contribution in [1.82, 2.24) is 10.9 Å². The molecule has 2 aromatic rings. The molecule has 0 aliphatic rings. The van der Waals surface area contributed by atoms with Crippen LogP contribution in [-0.2, 0) is 14.4 Å². The summed E-state index contributed by atoms with van der Waals surface area (Å²) in [6, 6.07) is 14.8. The Bertz CT molecular complexity index is 855. The van der Waals surface area contributed by atoms with Gasteiger partial charge in [0.2, 0.25) is 5.91 Å². The maximum absolute atomic E-state index is 12.1. The molecule has 0 radical (unpaired) electrons. The van der Waals surface area contributed by atoms with E-state index in [9.17, 15) is 14.4 Å². The van der Waals surface area contributed by atoms with Crippen LogP contribution in [0.5, 0.6) is 5.75 Å². The molecular weight excluding hydrogens is 390 g/mol. The lowest BCUT2D eigenvalue weighted by atomic mass is 10.2. The van der Waals surface area contributed by atoms with Crippen molar-refractivity contribution < 1.29 is 19.1 Å². The fourth-order valence-electron chi connectivity index (χ4n) is 2.24. The summed E-state index contributed by atoms with van der Waals surface area (Å²) in [5, 5.41) is 2.26. The highest BCUT2D eigenvalue weighted by Crippen LogP contribution is 2.16. The Labute approximate surface area is 174 Å². The van der Waals surface area contributed by atoms with E-state index in [1.54, 1.807) is 13.0 Å². The van der Waals surface area contributed by atoms with Gasteiger partial charge in [-0.05, 0) is 44.5 Å². The highest BCUT2D eigenvalue weighted by molar-refractivity contribution is 8.01. The van der Waals surface area contributed by atoms with E-state index in [-0.39, 0.29) is 18.3 Å². The first kappa shape index (κ1) is 22.3. The average molecular weight is 416 g/mol. The number of thioether (sulfide) groups is 1. The first-order valence-electron chi connectivity index (χ1n) is 9.10. The summed E-state index contributed by atoms with van der Waals surface area (Å²) in [4.78, 5) is 35.9. The molecule has 2 aromatic carbocycles. The summed E-state index contributed by atoms with van der Waals surface area (Å²) in [5.74, 6) is -0.350. The highest BCUT2D eigenvalue weighted by atomic mass is 32.2. The molecule has 7 nitrogen and oxygen atoms in total. The Morgan fingerprint density at radius 3 is 2.34 bits per heavy atom. The molecule has 0 heterocycles. The van der Waals surface area contributed by atoms with Crippen LogP contribution in [0.1, 0.15) is 18.1 Å². The topological polar surface area (TPSA) is 96.5 Å². The molecule has 0 unspecified atom stereocenters. The van der Waals surface area contributed by atoms with Crippen molar-refractivity contribution in [2.75, 3.05) is 17.7 Å². The number of ether oxygens (including phenoxy) is 1. The van der Waals surface area contributed by atoms with E-state index < -0.39 is 17.1 Å². The van der Waals surface area contributed by atoms with E-state index in [1.165, 1.54) is 11.8 Å². The molecule has 8 heteroatoms. The van der Waals surface area contributed by atoms with Gasteiger partial charge in [0.1, 0.15) is 5.75 Å². The molecule has 3 amide bonds. The molecule has 0 bridgehead atoms. The standard InChI is InChI=1S/C21H25N3O4S/c1-14-8-10-17(11-9-14)22-20(26)13-29-16(3)21(27)24-23-19(25)12-28-18-7-5-4-6-15(18)2/h4-11,16H,12-13H2,1-3H3,(H,22,26)(H,23,25)(H,24,27)/t16-/m0/s1. The second-order valence-electron chi connectivity index (χ2n) is 6.46. The number of carbonyl (C=O) groups excluding carboxylic acids is 3. The van der Waals surface area contributed by atoms with Gasteiger partial charge in [0.05, 0.1) is 11.0 Å². The first-order valence-corrected chi connectivity index (χ1v) is 10.2. The number of para-hydroxylation sites is 1.